The van der Waals surface area contributed by atoms with Gasteiger partial charge in [0.25, 0.3) is 5.91 Å². The molecule has 3 aromatic rings. The Labute approximate surface area is 119 Å². The normalized spacial score (nSPS) is 10.9. The van der Waals surface area contributed by atoms with Crippen molar-refractivity contribution < 1.29 is 4.79 Å². The Morgan fingerprint density at radius 2 is 2.00 bits per heavy atom. The summed E-state index contributed by atoms with van der Waals surface area (Å²) in [5.74, 6) is -0.345. The van der Waals surface area contributed by atoms with Gasteiger partial charge in [0.15, 0.2) is 17.2 Å². The van der Waals surface area contributed by atoms with Crippen molar-refractivity contribution in [2.75, 3.05) is 0 Å². The molecule has 2 aromatic heterocycles. The molecular formula is C14H13N5O2. The van der Waals surface area contributed by atoms with E-state index in [9.17, 15) is 9.59 Å². The average Bonchev–Trinajstić information content (AvgIpc) is 2.82. The lowest BCUT2D eigenvalue weighted by molar-refractivity contribution is 0.0997. The van der Waals surface area contributed by atoms with Gasteiger partial charge in [-0.1, -0.05) is 30.3 Å². The molecule has 0 spiro atoms. The Balaban J connectivity index is 2.38. The summed E-state index contributed by atoms with van der Waals surface area (Å²) < 4.78 is 1.44. The second-order valence-corrected chi connectivity index (χ2v) is 4.50. The number of carbonyl (C=O) groups excluding carboxylic acids is 1. The predicted octanol–water partition coefficient (Wildman–Crippen LogP) is 0.905. The number of nitrogens with one attached hydrogen (secondary N) is 1. The van der Waals surface area contributed by atoms with Gasteiger partial charge in [-0.2, -0.15) is 0 Å². The quantitative estimate of drug-likeness (QED) is 0.744. The Morgan fingerprint density at radius 1 is 1.29 bits per heavy atom. The summed E-state index contributed by atoms with van der Waals surface area (Å²) in [6, 6.07) is 9.21. The van der Waals surface area contributed by atoms with Crippen LogP contribution in [0.25, 0.3) is 22.6 Å². The molecule has 0 saturated carbocycles. The molecular weight excluding hydrogens is 270 g/mol. The maximum absolute atomic E-state index is 11.9. The molecule has 21 heavy (non-hydrogen) atoms. The summed E-state index contributed by atoms with van der Waals surface area (Å²) >= 11 is 0. The number of aromatic amines is 1. The fraction of sp³-hybridized carbons (Fsp3) is 0.143. The molecule has 1 amide bonds. The van der Waals surface area contributed by atoms with Crippen molar-refractivity contribution in [3.63, 3.8) is 0 Å². The van der Waals surface area contributed by atoms with Crippen LogP contribution < -0.4 is 11.4 Å². The minimum absolute atomic E-state index is 0.0168. The van der Waals surface area contributed by atoms with E-state index in [4.69, 9.17) is 5.73 Å². The number of aromatic nitrogens is 4. The summed E-state index contributed by atoms with van der Waals surface area (Å²) in [6.45, 7) is 2.26. The summed E-state index contributed by atoms with van der Waals surface area (Å²) in [5.41, 5.74) is 6.45. The van der Waals surface area contributed by atoms with E-state index in [0.717, 1.165) is 5.56 Å². The number of hydrogen-bond donors (Lipinski definition) is 2. The molecule has 0 saturated heterocycles. The first-order chi connectivity index (χ1) is 10.1. The van der Waals surface area contributed by atoms with Crippen LogP contribution in [0.1, 0.15) is 17.4 Å². The predicted molar refractivity (Wildman–Crippen MR) is 77.8 cm³/mol. The maximum Gasteiger partial charge on any atom is 0.327 e. The number of carbonyl (C=O) groups is 1. The number of hydrogen-bond acceptors (Lipinski definition) is 4. The molecule has 0 bridgehead atoms. The van der Waals surface area contributed by atoms with Crippen molar-refractivity contribution in [2.24, 2.45) is 5.73 Å². The van der Waals surface area contributed by atoms with Crippen LogP contribution in [-0.2, 0) is 6.54 Å². The highest BCUT2D eigenvalue weighted by Crippen LogP contribution is 2.19. The number of amides is 1. The van der Waals surface area contributed by atoms with Crippen LogP contribution >= 0.6 is 0 Å². The fourth-order valence-corrected chi connectivity index (χ4v) is 2.22. The number of fused-ring (bicyclic) bond motifs is 1. The molecule has 7 nitrogen and oxygen atoms in total. The standard InChI is InChI=1S/C14H13N5O2/c1-2-19-13-10(17-14(19)21)9(11(15)20)16-12(18-13)8-6-4-3-5-7-8/h3-7H,2H2,1H3,(H2,15,20)(H,17,21). The van der Waals surface area contributed by atoms with Crippen LogP contribution in [-0.4, -0.2) is 25.4 Å². The van der Waals surface area contributed by atoms with Gasteiger partial charge in [-0.3, -0.25) is 9.36 Å². The van der Waals surface area contributed by atoms with E-state index < -0.39 is 5.91 Å². The number of H-pyrrole nitrogens is 1. The summed E-state index contributed by atoms with van der Waals surface area (Å²) in [7, 11) is 0. The molecule has 0 atom stereocenters. The minimum Gasteiger partial charge on any atom is -0.364 e. The lowest BCUT2D eigenvalue weighted by Crippen LogP contribution is -2.15. The zero-order chi connectivity index (χ0) is 15.0. The monoisotopic (exact) mass is 283 g/mol. The average molecular weight is 283 g/mol. The molecule has 0 radical (unpaired) electrons. The molecule has 2 heterocycles. The zero-order valence-corrected chi connectivity index (χ0v) is 11.3. The van der Waals surface area contributed by atoms with Crippen molar-refractivity contribution in [1.29, 1.82) is 0 Å². The van der Waals surface area contributed by atoms with Crippen LogP contribution in [0.15, 0.2) is 35.1 Å². The van der Waals surface area contributed by atoms with Gasteiger partial charge in [-0.05, 0) is 6.92 Å². The lowest BCUT2D eigenvalue weighted by Gasteiger charge is -2.04. The Kier molecular flexibility index (Phi) is 3.02. The highest BCUT2D eigenvalue weighted by atomic mass is 16.2. The SMILES string of the molecule is CCn1c(=O)[nH]c2c(C(N)=O)nc(-c3ccccc3)nc21. The van der Waals surface area contributed by atoms with Crippen LogP contribution in [0.4, 0.5) is 0 Å². The second kappa shape index (κ2) is 4.86. The van der Waals surface area contributed by atoms with Gasteiger partial charge in [0.05, 0.1) is 0 Å². The van der Waals surface area contributed by atoms with Crippen molar-refractivity contribution in [1.82, 2.24) is 19.5 Å². The van der Waals surface area contributed by atoms with Gasteiger partial charge in [0.1, 0.15) is 5.52 Å². The van der Waals surface area contributed by atoms with Crippen molar-refractivity contribution >= 4 is 17.1 Å². The first-order valence-corrected chi connectivity index (χ1v) is 6.47. The highest BCUT2D eigenvalue weighted by Gasteiger charge is 2.18. The molecule has 7 heteroatoms. The molecule has 0 aliphatic heterocycles. The van der Waals surface area contributed by atoms with E-state index in [2.05, 4.69) is 15.0 Å². The van der Waals surface area contributed by atoms with E-state index in [-0.39, 0.29) is 16.9 Å². The summed E-state index contributed by atoms with van der Waals surface area (Å²) in [5, 5.41) is 0. The number of aryl methyl sites for hydroxylation is 1. The van der Waals surface area contributed by atoms with E-state index >= 15 is 0 Å². The largest absolute Gasteiger partial charge is 0.364 e. The third-order valence-corrected chi connectivity index (χ3v) is 3.20. The molecule has 1 aromatic carbocycles. The van der Waals surface area contributed by atoms with Gasteiger partial charge < -0.3 is 10.7 Å². The molecule has 0 aliphatic carbocycles. The molecule has 0 fully saturated rings. The summed E-state index contributed by atoms with van der Waals surface area (Å²) in [4.78, 5) is 34.7. The first kappa shape index (κ1) is 13.0. The van der Waals surface area contributed by atoms with Crippen LogP contribution in [0.2, 0.25) is 0 Å². The molecule has 0 unspecified atom stereocenters. The van der Waals surface area contributed by atoms with Crippen molar-refractivity contribution in [3.8, 4) is 11.4 Å². The first-order valence-electron chi connectivity index (χ1n) is 6.47. The number of nitrogens with zero attached hydrogens (tertiary/aromatic N) is 3. The van der Waals surface area contributed by atoms with Crippen LogP contribution in [0.5, 0.6) is 0 Å². The third kappa shape index (κ3) is 2.08. The zero-order valence-electron chi connectivity index (χ0n) is 11.3. The smallest absolute Gasteiger partial charge is 0.327 e. The second-order valence-electron chi connectivity index (χ2n) is 4.50. The topological polar surface area (TPSA) is 107 Å². The molecule has 0 aliphatic rings. The maximum atomic E-state index is 11.9. The molecule has 3 rings (SSSR count). The number of imidazole rings is 1. The number of benzene rings is 1. The van der Waals surface area contributed by atoms with Gasteiger partial charge in [0.2, 0.25) is 0 Å². The van der Waals surface area contributed by atoms with E-state index in [1.165, 1.54) is 4.57 Å². The molecule has 106 valence electrons. The Morgan fingerprint density at radius 3 is 2.62 bits per heavy atom. The lowest BCUT2D eigenvalue weighted by atomic mass is 10.2. The third-order valence-electron chi connectivity index (χ3n) is 3.20. The van der Waals surface area contributed by atoms with Gasteiger partial charge in [0, 0.05) is 12.1 Å². The fourth-order valence-electron chi connectivity index (χ4n) is 2.22. The van der Waals surface area contributed by atoms with Crippen molar-refractivity contribution in [2.45, 2.75) is 13.5 Å². The van der Waals surface area contributed by atoms with Crippen LogP contribution in [0, 0.1) is 0 Å². The van der Waals surface area contributed by atoms with Gasteiger partial charge in [-0.25, -0.2) is 14.8 Å². The van der Waals surface area contributed by atoms with E-state index in [1.807, 2.05) is 37.3 Å². The Bertz CT molecular complexity index is 880. The van der Waals surface area contributed by atoms with E-state index in [1.54, 1.807) is 0 Å². The molecule has 3 N–H and O–H groups in total. The Hall–Kier alpha value is -2.96. The van der Waals surface area contributed by atoms with Gasteiger partial charge in [-0.15, -0.1) is 0 Å². The van der Waals surface area contributed by atoms with Crippen LogP contribution in [0.3, 0.4) is 0 Å². The van der Waals surface area contributed by atoms with E-state index in [0.29, 0.717) is 18.0 Å². The number of rotatable bonds is 3. The number of primary amides is 1. The summed E-state index contributed by atoms with van der Waals surface area (Å²) in [6.07, 6.45) is 0. The van der Waals surface area contributed by atoms with Gasteiger partial charge >= 0.3 is 5.69 Å². The number of nitrogens with two attached hydrogens (primary N) is 1. The minimum atomic E-state index is -0.705. The van der Waals surface area contributed by atoms with Crippen molar-refractivity contribution in [3.05, 3.63) is 46.5 Å². The highest BCUT2D eigenvalue weighted by molar-refractivity contribution is 6.01.